The molecule has 102 valence electrons. The third kappa shape index (κ3) is 5.45. The van der Waals surface area contributed by atoms with Crippen LogP contribution in [0.3, 0.4) is 0 Å². The standard InChI is InChI=1S/C12H22N4O2/c1-15(9-11-8-14-5-7-18-11)10-12(17)16(2)6-3-4-13/h11,14H,3,5-10H2,1-2H3. The summed E-state index contributed by atoms with van der Waals surface area (Å²) in [6, 6.07) is 2.04. The van der Waals surface area contributed by atoms with E-state index in [1.807, 2.05) is 18.0 Å². The van der Waals surface area contributed by atoms with E-state index in [1.165, 1.54) is 0 Å². The van der Waals surface area contributed by atoms with Gasteiger partial charge < -0.3 is 15.0 Å². The Bertz CT molecular complexity index is 297. The fourth-order valence-electron chi connectivity index (χ4n) is 1.84. The Kier molecular flexibility index (Phi) is 6.65. The second kappa shape index (κ2) is 8.03. The minimum atomic E-state index is 0.0384. The van der Waals surface area contributed by atoms with Crippen molar-refractivity contribution in [2.45, 2.75) is 12.5 Å². The molecular weight excluding hydrogens is 232 g/mol. The number of nitrogens with zero attached hydrogens (tertiary/aromatic N) is 3. The average Bonchev–Trinajstić information content (AvgIpc) is 2.36. The molecule has 1 heterocycles. The van der Waals surface area contributed by atoms with Gasteiger partial charge in [0.15, 0.2) is 0 Å². The molecular formula is C12H22N4O2. The lowest BCUT2D eigenvalue weighted by molar-refractivity contribution is -0.131. The minimum absolute atomic E-state index is 0.0384. The maximum Gasteiger partial charge on any atom is 0.236 e. The number of amides is 1. The van der Waals surface area contributed by atoms with Crippen molar-refractivity contribution in [2.75, 3.05) is 53.4 Å². The summed E-state index contributed by atoms with van der Waals surface area (Å²) in [6.45, 7) is 4.06. The first-order valence-electron chi connectivity index (χ1n) is 6.25. The van der Waals surface area contributed by atoms with Crippen LogP contribution in [-0.4, -0.2) is 75.2 Å². The molecule has 1 aliphatic rings. The van der Waals surface area contributed by atoms with Gasteiger partial charge in [-0.1, -0.05) is 0 Å². The summed E-state index contributed by atoms with van der Waals surface area (Å²) >= 11 is 0. The molecule has 1 unspecified atom stereocenters. The van der Waals surface area contributed by atoms with Crippen molar-refractivity contribution in [1.82, 2.24) is 15.1 Å². The lowest BCUT2D eigenvalue weighted by atomic mass is 10.3. The third-order valence-electron chi connectivity index (χ3n) is 2.91. The van der Waals surface area contributed by atoms with Crippen LogP contribution in [0.25, 0.3) is 0 Å². The summed E-state index contributed by atoms with van der Waals surface area (Å²) in [4.78, 5) is 15.4. The first-order valence-corrected chi connectivity index (χ1v) is 6.25. The van der Waals surface area contributed by atoms with Gasteiger partial charge in [0.05, 0.1) is 31.7 Å². The number of carbonyl (C=O) groups is 1. The van der Waals surface area contributed by atoms with E-state index in [4.69, 9.17) is 10.00 Å². The maximum atomic E-state index is 11.8. The van der Waals surface area contributed by atoms with Crippen LogP contribution in [-0.2, 0) is 9.53 Å². The van der Waals surface area contributed by atoms with Crippen LogP contribution in [0.1, 0.15) is 6.42 Å². The minimum Gasteiger partial charge on any atom is -0.374 e. The predicted molar refractivity (Wildman–Crippen MR) is 68.0 cm³/mol. The maximum absolute atomic E-state index is 11.8. The molecule has 0 bridgehead atoms. The third-order valence-corrected chi connectivity index (χ3v) is 2.91. The Balaban J connectivity index is 2.23. The zero-order valence-electron chi connectivity index (χ0n) is 11.2. The van der Waals surface area contributed by atoms with Gasteiger partial charge in [-0.2, -0.15) is 5.26 Å². The molecule has 1 rings (SSSR count). The van der Waals surface area contributed by atoms with Gasteiger partial charge in [-0.25, -0.2) is 0 Å². The molecule has 6 heteroatoms. The summed E-state index contributed by atoms with van der Waals surface area (Å²) in [5.74, 6) is 0.0384. The molecule has 0 aromatic heterocycles. The molecule has 1 atom stereocenters. The van der Waals surface area contributed by atoms with Crippen LogP contribution in [0.4, 0.5) is 0 Å². The molecule has 0 aromatic rings. The number of nitriles is 1. The summed E-state index contributed by atoms with van der Waals surface area (Å²) in [5, 5.41) is 11.7. The van der Waals surface area contributed by atoms with Crippen molar-refractivity contribution in [2.24, 2.45) is 0 Å². The molecule has 1 fully saturated rings. The first-order chi connectivity index (χ1) is 8.63. The number of ether oxygens (including phenoxy) is 1. The Morgan fingerprint density at radius 2 is 2.33 bits per heavy atom. The van der Waals surface area contributed by atoms with E-state index in [2.05, 4.69) is 5.32 Å². The topological polar surface area (TPSA) is 68.6 Å². The van der Waals surface area contributed by atoms with E-state index in [0.29, 0.717) is 19.5 Å². The van der Waals surface area contributed by atoms with Gasteiger partial charge in [0.2, 0.25) is 5.91 Å². The van der Waals surface area contributed by atoms with Gasteiger partial charge in [0.25, 0.3) is 0 Å². The second-order valence-corrected chi connectivity index (χ2v) is 4.62. The Morgan fingerprint density at radius 3 is 2.94 bits per heavy atom. The number of morpholine rings is 1. The molecule has 1 aliphatic heterocycles. The van der Waals surface area contributed by atoms with E-state index in [0.717, 1.165) is 26.2 Å². The van der Waals surface area contributed by atoms with Crippen molar-refractivity contribution in [3.05, 3.63) is 0 Å². The molecule has 0 saturated carbocycles. The SMILES string of the molecule is CN(CC(=O)N(C)CCC#N)CC1CNCCO1. The quantitative estimate of drug-likeness (QED) is 0.677. The van der Waals surface area contributed by atoms with Crippen molar-refractivity contribution in [1.29, 1.82) is 5.26 Å². The monoisotopic (exact) mass is 254 g/mol. The van der Waals surface area contributed by atoms with Crippen LogP contribution in [0.15, 0.2) is 0 Å². The average molecular weight is 254 g/mol. The Hall–Kier alpha value is -1.16. The molecule has 0 radical (unpaired) electrons. The molecule has 0 spiro atoms. The lowest BCUT2D eigenvalue weighted by Gasteiger charge is -2.28. The Morgan fingerprint density at radius 1 is 1.56 bits per heavy atom. The summed E-state index contributed by atoms with van der Waals surface area (Å²) in [5.41, 5.74) is 0. The lowest BCUT2D eigenvalue weighted by Crippen LogP contribution is -2.46. The summed E-state index contributed by atoms with van der Waals surface area (Å²) in [6.07, 6.45) is 0.530. The highest BCUT2D eigenvalue weighted by Crippen LogP contribution is 1.99. The number of hydrogen-bond donors (Lipinski definition) is 1. The zero-order chi connectivity index (χ0) is 13.4. The first kappa shape index (κ1) is 14.9. The van der Waals surface area contributed by atoms with Crippen molar-refractivity contribution < 1.29 is 9.53 Å². The molecule has 1 amide bonds. The van der Waals surface area contributed by atoms with E-state index in [-0.39, 0.29) is 12.0 Å². The highest BCUT2D eigenvalue weighted by Gasteiger charge is 2.18. The summed E-state index contributed by atoms with van der Waals surface area (Å²) in [7, 11) is 3.64. The summed E-state index contributed by atoms with van der Waals surface area (Å²) < 4.78 is 5.58. The molecule has 1 saturated heterocycles. The molecule has 0 aromatic carbocycles. The number of rotatable bonds is 6. The highest BCUT2D eigenvalue weighted by molar-refractivity contribution is 5.77. The van der Waals surface area contributed by atoms with E-state index >= 15 is 0 Å². The van der Waals surface area contributed by atoms with Crippen molar-refractivity contribution in [3.63, 3.8) is 0 Å². The second-order valence-electron chi connectivity index (χ2n) is 4.62. The fraction of sp³-hybridized carbons (Fsp3) is 0.833. The number of hydrogen-bond acceptors (Lipinski definition) is 5. The number of carbonyl (C=O) groups excluding carboxylic acids is 1. The van der Waals surface area contributed by atoms with Crippen molar-refractivity contribution in [3.8, 4) is 6.07 Å². The number of likely N-dealkylation sites (N-methyl/N-ethyl adjacent to an activating group) is 2. The molecule has 0 aliphatic carbocycles. The molecule has 18 heavy (non-hydrogen) atoms. The van der Waals surface area contributed by atoms with Gasteiger partial charge in [-0.15, -0.1) is 0 Å². The van der Waals surface area contributed by atoms with Gasteiger partial charge in [-0.05, 0) is 7.05 Å². The van der Waals surface area contributed by atoms with Crippen LogP contribution >= 0.6 is 0 Å². The van der Waals surface area contributed by atoms with Crippen molar-refractivity contribution >= 4 is 5.91 Å². The van der Waals surface area contributed by atoms with Gasteiger partial charge in [0, 0.05) is 33.2 Å². The highest BCUT2D eigenvalue weighted by atomic mass is 16.5. The van der Waals surface area contributed by atoms with E-state index in [1.54, 1.807) is 11.9 Å². The van der Waals surface area contributed by atoms with Gasteiger partial charge in [-0.3, -0.25) is 9.69 Å². The fourth-order valence-corrected chi connectivity index (χ4v) is 1.84. The Labute approximate surface area is 108 Å². The normalized spacial score (nSPS) is 19.6. The predicted octanol–water partition coefficient (Wildman–Crippen LogP) is -0.721. The zero-order valence-corrected chi connectivity index (χ0v) is 11.2. The number of nitrogens with one attached hydrogen (secondary N) is 1. The van der Waals surface area contributed by atoms with Crippen LogP contribution in [0, 0.1) is 11.3 Å². The van der Waals surface area contributed by atoms with Gasteiger partial charge in [0.1, 0.15) is 0 Å². The van der Waals surface area contributed by atoms with E-state index < -0.39 is 0 Å². The van der Waals surface area contributed by atoms with Crippen LogP contribution < -0.4 is 5.32 Å². The molecule has 6 nitrogen and oxygen atoms in total. The van der Waals surface area contributed by atoms with Gasteiger partial charge >= 0.3 is 0 Å². The molecule has 1 N–H and O–H groups in total. The van der Waals surface area contributed by atoms with Crippen LogP contribution in [0.2, 0.25) is 0 Å². The smallest absolute Gasteiger partial charge is 0.236 e. The van der Waals surface area contributed by atoms with Crippen LogP contribution in [0.5, 0.6) is 0 Å². The van der Waals surface area contributed by atoms with E-state index in [9.17, 15) is 4.79 Å². The largest absolute Gasteiger partial charge is 0.374 e.